The summed E-state index contributed by atoms with van der Waals surface area (Å²) in [5.74, 6) is 0.569. The Balaban J connectivity index is 1.94. The van der Waals surface area contributed by atoms with E-state index in [9.17, 15) is 4.79 Å². The molecular formula is C19H18Cl2N4O2. The number of hydrogen-bond acceptors (Lipinski definition) is 5. The lowest BCUT2D eigenvalue weighted by Crippen LogP contribution is -2.40. The summed E-state index contributed by atoms with van der Waals surface area (Å²) in [5.41, 5.74) is 1.46. The Morgan fingerprint density at radius 2 is 2.15 bits per heavy atom. The van der Waals surface area contributed by atoms with Gasteiger partial charge in [0.05, 0.1) is 34.7 Å². The van der Waals surface area contributed by atoms with Gasteiger partial charge in [-0.05, 0) is 24.5 Å². The Morgan fingerprint density at radius 3 is 2.85 bits per heavy atom. The maximum absolute atomic E-state index is 12.4. The van der Waals surface area contributed by atoms with Crippen molar-refractivity contribution in [1.29, 1.82) is 0 Å². The van der Waals surface area contributed by atoms with E-state index in [4.69, 9.17) is 32.9 Å². The number of fused-ring (bicyclic) bond motifs is 1. The smallest absolute Gasteiger partial charge is 0.328 e. The van der Waals surface area contributed by atoms with Gasteiger partial charge in [-0.3, -0.25) is 0 Å². The highest BCUT2D eigenvalue weighted by atomic mass is 35.5. The summed E-state index contributed by atoms with van der Waals surface area (Å²) in [6, 6.07) is 5.21. The van der Waals surface area contributed by atoms with Gasteiger partial charge in [-0.1, -0.05) is 30.1 Å². The number of rotatable bonds is 3. The summed E-state index contributed by atoms with van der Waals surface area (Å²) in [5, 5.41) is 1.68. The van der Waals surface area contributed by atoms with Crippen molar-refractivity contribution in [2.75, 3.05) is 18.6 Å². The molecule has 1 aromatic carbocycles. The van der Waals surface area contributed by atoms with Gasteiger partial charge in [0, 0.05) is 30.4 Å². The largest absolute Gasteiger partial charge is 0.467 e. The van der Waals surface area contributed by atoms with Crippen molar-refractivity contribution in [3.8, 4) is 5.69 Å². The van der Waals surface area contributed by atoms with Crippen LogP contribution in [0.1, 0.15) is 13.3 Å². The fourth-order valence-corrected chi connectivity index (χ4v) is 4.01. The van der Waals surface area contributed by atoms with Crippen LogP contribution in [0.15, 0.2) is 36.9 Å². The van der Waals surface area contributed by atoms with Crippen LogP contribution < -0.4 is 4.90 Å². The van der Waals surface area contributed by atoms with E-state index >= 15 is 0 Å². The quantitative estimate of drug-likeness (QED) is 0.614. The highest BCUT2D eigenvalue weighted by molar-refractivity contribution is 6.45. The SMILES string of the molecule is COC(=O)[C@@H]1[C@@H](C)CCN1c1cc(-n2ccnc2)c2ccc(Cl)c(Cl)c2n1. The number of carbonyl (C=O) groups excluding carboxylic acids is 1. The van der Waals surface area contributed by atoms with Crippen LogP contribution in [0, 0.1) is 5.92 Å². The molecule has 0 spiro atoms. The number of nitrogens with zero attached hydrogens (tertiary/aromatic N) is 4. The molecule has 2 aromatic heterocycles. The fraction of sp³-hybridized carbons (Fsp3) is 0.316. The highest BCUT2D eigenvalue weighted by Crippen LogP contribution is 2.37. The van der Waals surface area contributed by atoms with Gasteiger partial charge in [-0.25, -0.2) is 14.8 Å². The van der Waals surface area contributed by atoms with E-state index in [1.165, 1.54) is 7.11 Å². The van der Waals surface area contributed by atoms with Crippen LogP contribution in [0.2, 0.25) is 10.0 Å². The normalized spacial score (nSPS) is 19.6. The minimum Gasteiger partial charge on any atom is -0.467 e. The van der Waals surface area contributed by atoms with Crippen LogP contribution >= 0.6 is 23.2 Å². The number of aromatic nitrogens is 3. The van der Waals surface area contributed by atoms with Gasteiger partial charge >= 0.3 is 5.97 Å². The Morgan fingerprint density at radius 1 is 1.33 bits per heavy atom. The van der Waals surface area contributed by atoms with E-state index in [-0.39, 0.29) is 17.9 Å². The number of carbonyl (C=O) groups is 1. The van der Waals surface area contributed by atoms with Gasteiger partial charge in [0.25, 0.3) is 0 Å². The molecule has 3 aromatic rings. The van der Waals surface area contributed by atoms with Crippen molar-refractivity contribution in [3.05, 3.63) is 47.0 Å². The first-order valence-corrected chi connectivity index (χ1v) is 9.38. The van der Waals surface area contributed by atoms with Gasteiger partial charge < -0.3 is 14.2 Å². The monoisotopic (exact) mass is 404 g/mol. The molecule has 0 saturated carbocycles. The van der Waals surface area contributed by atoms with Gasteiger partial charge in [-0.15, -0.1) is 0 Å². The molecule has 3 heterocycles. The number of benzene rings is 1. The first-order chi connectivity index (χ1) is 13.0. The molecule has 8 heteroatoms. The third-order valence-corrected chi connectivity index (χ3v) is 5.85. The second-order valence-electron chi connectivity index (χ2n) is 6.65. The molecule has 0 bridgehead atoms. The Bertz CT molecular complexity index is 1010. The summed E-state index contributed by atoms with van der Waals surface area (Å²) in [4.78, 5) is 23.2. The number of methoxy groups -OCH3 is 1. The molecule has 4 rings (SSSR count). The van der Waals surface area contributed by atoms with E-state index in [1.807, 2.05) is 34.7 Å². The van der Waals surface area contributed by atoms with Gasteiger partial charge in [0.2, 0.25) is 0 Å². The molecule has 0 unspecified atom stereocenters. The lowest BCUT2D eigenvalue weighted by molar-refractivity contribution is -0.142. The van der Waals surface area contributed by atoms with Gasteiger partial charge in [0.15, 0.2) is 0 Å². The Hall–Kier alpha value is -2.31. The van der Waals surface area contributed by atoms with Crippen LogP contribution in [0.3, 0.4) is 0 Å². The maximum Gasteiger partial charge on any atom is 0.328 e. The number of halogens is 2. The third kappa shape index (κ3) is 3.03. The molecule has 27 heavy (non-hydrogen) atoms. The van der Waals surface area contributed by atoms with E-state index in [0.29, 0.717) is 27.9 Å². The zero-order valence-electron chi connectivity index (χ0n) is 14.9. The molecule has 0 aliphatic carbocycles. The average Bonchev–Trinajstić information content (AvgIpc) is 3.33. The topological polar surface area (TPSA) is 60.2 Å². The molecule has 1 aliphatic heterocycles. The summed E-state index contributed by atoms with van der Waals surface area (Å²) in [7, 11) is 1.41. The molecule has 1 saturated heterocycles. The second-order valence-corrected chi connectivity index (χ2v) is 7.44. The molecule has 0 amide bonds. The van der Waals surface area contributed by atoms with E-state index in [1.54, 1.807) is 18.6 Å². The number of ether oxygens (including phenoxy) is 1. The third-order valence-electron chi connectivity index (χ3n) is 5.06. The van der Waals surface area contributed by atoms with Crippen molar-refractivity contribution >= 4 is 45.9 Å². The standard InChI is InChI=1S/C19H18Cl2N4O2/c1-11-5-7-25(18(11)19(26)27-2)15-9-14(24-8-6-22-10-24)12-3-4-13(20)16(21)17(12)23-15/h3-4,6,8-11,18H,5,7H2,1-2H3/t11-,18-/m0/s1. The number of esters is 1. The first kappa shape index (κ1) is 18.1. The predicted molar refractivity (Wildman–Crippen MR) is 106 cm³/mol. The molecule has 6 nitrogen and oxygen atoms in total. The molecule has 1 aliphatic rings. The zero-order chi connectivity index (χ0) is 19.1. The summed E-state index contributed by atoms with van der Waals surface area (Å²) < 4.78 is 6.91. The highest BCUT2D eigenvalue weighted by Gasteiger charge is 2.38. The van der Waals surface area contributed by atoms with Crippen molar-refractivity contribution in [3.63, 3.8) is 0 Å². The van der Waals surface area contributed by atoms with Crippen LogP contribution in [0.4, 0.5) is 5.82 Å². The Labute approximate surface area is 166 Å². The summed E-state index contributed by atoms with van der Waals surface area (Å²) in [6.07, 6.45) is 6.15. The van der Waals surface area contributed by atoms with E-state index < -0.39 is 0 Å². The second kappa shape index (κ2) is 7.02. The van der Waals surface area contributed by atoms with Crippen molar-refractivity contribution in [1.82, 2.24) is 14.5 Å². The van der Waals surface area contributed by atoms with Crippen molar-refractivity contribution in [2.24, 2.45) is 5.92 Å². The number of hydrogen-bond donors (Lipinski definition) is 0. The molecular weight excluding hydrogens is 387 g/mol. The lowest BCUT2D eigenvalue weighted by atomic mass is 10.0. The van der Waals surface area contributed by atoms with Crippen molar-refractivity contribution in [2.45, 2.75) is 19.4 Å². The number of anilines is 1. The predicted octanol–water partition coefficient (Wildman–Crippen LogP) is 4.12. The van der Waals surface area contributed by atoms with E-state index in [2.05, 4.69) is 4.98 Å². The van der Waals surface area contributed by atoms with Gasteiger partial charge in [-0.2, -0.15) is 0 Å². The number of imidazole rings is 1. The molecule has 0 radical (unpaired) electrons. The molecule has 2 atom stereocenters. The fourth-order valence-electron chi connectivity index (χ4n) is 3.65. The molecule has 0 N–H and O–H groups in total. The first-order valence-electron chi connectivity index (χ1n) is 8.63. The number of pyridine rings is 1. The molecule has 1 fully saturated rings. The zero-order valence-corrected chi connectivity index (χ0v) is 16.4. The van der Waals surface area contributed by atoms with Crippen molar-refractivity contribution < 1.29 is 9.53 Å². The van der Waals surface area contributed by atoms with Crippen LogP contribution in [-0.4, -0.2) is 40.2 Å². The average molecular weight is 405 g/mol. The Kier molecular flexibility index (Phi) is 4.70. The van der Waals surface area contributed by atoms with E-state index in [0.717, 1.165) is 17.5 Å². The van der Waals surface area contributed by atoms with Crippen LogP contribution in [0.25, 0.3) is 16.6 Å². The molecule has 140 valence electrons. The minimum atomic E-state index is -0.381. The van der Waals surface area contributed by atoms with Crippen LogP contribution in [-0.2, 0) is 9.53 Å². The van der Waals surface area contributed by atoms with Crippen LogP contribution in [0.5, 0.6) is 0 Å². The summed E-state index contributed by atoms with van der Waals surface area (Å²) in [6.45, 7) is 2.75. The summed E-state index contributed by atoms with van der Waals surface area (Å²) >= 11 is 12.7. The minimum absolute atomic E-state index is 0.168. The van der Waals surface area contributed by atoms with Gasteiger partial charge in [0.1, 0.15) is 11.9 Å². The maximum atomic E-state index is 12.4. The lowest BCUT2D eigenvalue weighted by Gasteiger charge is -2.26.